The molecule has 104 valence electrons. The summed E-state index contributed by atoms with van der Waals surface area (Å²) in [5.41, 5.74) is 0. The molecule has 0 bridgehead atoms. The van der Waals surface area contributed by atoms with Crippen LogP contribution in [-0.4, -0.2) is 22.8 Å². The highest BCUT2D eigenvalue weighted by molar-refractivity contribution is 9.10. The lowest BCUT2D eigenvalue weighted by Crippen LogP contribution is -2.16. The maximum Gasteiger partial charge on any atom is 0.282 e. The number of hydrogen-bond donors (Lipinski definition) is 1. The van der Waals surface area contributed by atoms with E-state index in [9.17, 15) is 8.42 Å². The lowest BCUT2D eigenvalue weighted by Gasteiger charge is -2.06. The van der Waals surface area contributed by atoms with Crippen LogP contribution in [0, 0.1) is 0 Å². The number of sulfonamides is 1. The monoisotopic (exact) mass is 392 g/mol. The highest BCUT2D eigenvalue weighted by Gasteiger charge is 2.25. The Morgan fingerprint density at radius 1 is 1.40 bits per heavy atom. The van der Waals surface area contributed by atoms with Crippen LogP contribution in [0.1, 0.15) is 0 Å². The Balaban J connectivity index is 2.05. The summed E-state index contributed by atoms with van der Waals surface area (Å²) < 4.78 is 29.3. The number of imidazole rings is 1. The highest BCUT2D eigenvalue weighted by Crippen LogP contribution is 2.26. The molecule has 0 radical (unpaired) electrons. The minimum Gasteiger partial charge on any atom is -0.278 e. The molecule has 0 saturated carbocycles. The zero-order chi connectivity index (χ0) is 14.3. The Bertz CT molecular complexity index is 872. The second-order valence-corrected chi connectivity index (χ2v) is 7.47. The van der Waals surface area contributed by atoms with Gasteiger partial charge in [0, 0.05) is 22.2 Å². The number of halogens is 2. The molecule has 0 aliphatic carbocycles. The number of nitrogens with zero attached hydrogens (tertiary/aromatic N) is 3. The molecule has 6 nitrogen and oxygen atoms in total. The molecule has 3 rings (SSSR count). The van der Waals surface area contributed by atoms with Crippen LogP contribution in [-0.2, 0) is 10.0 Å². The van der Waals surface area contributed by atoms with Crippen LogP contribution in [0.15, 0.2) is 39.4 Å². The molecule has 0 spiro atoms. The molecule has 20 heavy (non-hydrogen) atoms. The Kier molecular flexibility index (Phi) is 3.44. The van der Waals surface area contributed by atoms with Crippen molar-refractivity contribution in [3.63, 3.8) is 0 Å². The molecule has 0 aromatic carbocycles. The normalized spacial score (nSPS) is 11.9. The van der Waals surface area contributed by atoms with E-state index in [1.807, 2.05) is 0 Å². The van der Waals surface area contributed by atoms with Crippen molar-refractivity contribution >= 4 is 59.7 Å². The number of fused-ring (bicyclic) bond motifs is 1. The molecule has 0 aliphatic rings. The Hall–Kier alpha value is -1.16. The maximum absolute atomic E-state index is 12.4. The standard InChI is InChI=1S/C10H6BrClN4O2S2/c11-6-1-2-7(13-5-6)15-20(17,18)9-8(12)14-10-16(9)3-4-19-10/h1-5H,(H,13,15). The van der Waals surface area contributed by atoms with E-state index in [1.54, 1.807) is 23.7 Å². The molecular formula is C10H6BrClN4O2S2. The first-order valence-corrected chi connectivity index (χ1v) is 8.76. The van der Waals surface area contributed by atoms with Crippen molar-refractivity contribution in [2.24, 2.45) is 0 Å². The lowest BCUT2D eigenvalue weighted by molar-refractivity contribution is 0.596. The van der Waals surface area contributed by atoms with Gasteiger partial charge >= 0.3 is 0 Å². The molecular weight excluding hydrogens is 388 g/mol. The highest BCUT2D eigenvalue weighted by atomic mass is 79.9. The van der Waals surface area contributed by atoms with E-state index >= 15 is 0 Å². The number of anilines is 1. The zero-order valence-electron chi connectivity index (χ0n) is 9.62. The van der Waals surface area contributed by atoms with Crippen LogP contribution in [0.3, 0.4) is 0 Å². The molecule has 10 heteroatoms. The first kappa shape index (κ1) is 13.8. The molecule has 3 aromatic rings. The summed E-state index contributed by atoms with van der Waals surface area (Å²) in [6, 6.07) is 3.23. The predicted octanol–water partition coefficient (Wildman–Crippen LogP) is 3.01. The van der Waals surface area contributed by atoms with Gasteiger partial charge in [0.1, 0.15) is 5.82 Å². The van der Waals surface area contributed by atoms with Crippen molar-refractivity contribution in [3.8, 4) is 0 Å². The molecule has 0 saturated heterocycles. The number of nitrogens with one attached hydrogen (secondary N) is 1. The minimum absolute atomic E-state index is 0.0681. The summed E-state index contributed by atoms with van der Waals surface area (Å²) in [7, 11) is -3.86. The van der Waals surface area contributed by atoms with Crippen molar-refractivity contribution in [1.82, 2.24) is 14.4 Å². The molecule has 0 atom stereocenters. The third-order valence-electron chi connectivity index (χ3n) is 2.40. The summed E-state index contributed by atoms with van der Waals surface area (Å²) in [4.78, 5) is 8.47. The van der Waals surface area contributed by atoms with E-state index in [1.165, 1.54) is 21.9 Å². The van der Waals surface area contributed by atoms with Gasteiger partial charge in [-0.3, -0.25) is 9.12 Å². The largest absolute Gasteiger partial charge is 0.282 e. The van der Waals surface area contributed by atoms with Gasteiger partial charge in [0.2, 0.25) is 0 Å². The van der Waals surface area contributed by atoms with Crippen LogP contribution in [0.2, 0.25) is 5.15 Å². The Morgan fingerprint density at radius 3 is 2.90 bits per heavy atom. The average molecular weight is 394 g/mol. The van der Waals surface area contributed by atoms with E-state index < -0.39 is 10.0 Å². The summed E-state index contributed by atoms with van der Waals surface area (Å²) in [6.45, 7) is 0. The van der Waals surface area contributed by atoms with E-state index in [0.29, 0.717) is 4.96 Å². The number of thiazole rings is 1. The number of hydrogen-bond acceptors (Lipinski definition) is 5. The van der Waals surface area contributed by atoms with E-state index in [2.05, 4.69) is 30.6 Å². The van der Waals surface area contributed by atoms with Crippen molar-refractivity contribution in [1.29, 1.82) is 0 Å². The lowest BCUT2D eigenvalue weighted by atomic mass is 10.5. The smallest absolute Gasteiger partial charge is 0.278 e. The van der Waals surface area contributed by atoms with Gasteiger partial charge in [-0.25, -0.2) is 9.97 Å². The number of rotatable bonds is 3. The van der Waals surface area contributed by atoms with Crippen LogP contribution in [0.4, 0.5) is 5.82 Å². The van der Waals surface area contributed by atoms with Gasteiger partial charge in [-0.1, -0.05) is 11.6 Å². The maximum atomic E-state index is 12.4. The summed E-state index contributed by atoms with van der Waals surface area (Å²) in [6.07, 6.45) is 3.10. The molecule has 0 fully saturated rings. The topological polar surface area (TPSA) is 76.4 Å². The van der Waals surface area contributed by atoms with Crippen LogP contribution in [0.25, 0.3) is 4.96 Å². The third kappa shape index (κ3) is 2.41. The fraction of sp³-hybridized carbons (Fsp3) is 0. The van der Waals surface area contributed by atoms with Gasteiger partial charge < -0.3 is 0 Å². The molecule has 0 aliphatic heterocycles. The summed E-state index contributed by atoms with van der Waals surface area (Å²) >= 11 is 10.4. The van der Waals surface area contributed by atoms with Gasteiger partial charge in [0.15, 0.2) is 15.1 Å². The van der Waals surface area contributed by atoms with Crippen LogP contribution in [0.5, 0.6) is 0 Å². The van der Waals surface area contributed by atoms with Gasteiger partial charge in [-0.15, -0.1) is 11.3 Å². The Morgan fingerprint density at radius 2 is 2.20 bits per heavy atom. The average Bonchev–Trinajstić information content (AvgIpc) is 2.91. The molecule has 1 N–H and O–H groups in total. The summed E-state index contributed by atoms with van der Waals surface area (Å²) in [5.74, 6) is 0.203. The fourth-order valence-electron chi connectivity index (χ4n) is 1.60. The van der Waals surface area contributed by atoms with E-state index in [4.69, 9.17) is 11.6 Å². The molecule has 3 heterocycles. The van der Waals surface area contributed by atoms with Gasteiger partial charge in [0.25, 0.3) is 10.0 Å². The van der Waals surface area contributed by atoms with Crippen molar-refractivity contribution in [2.45, 2.75) is 5.03 Å². The number of aromatic nitrogens is 3. The van der Waals surface area contributed by atoms with Crippen LogP contribution < -0.4 is 4.72 Å². The second kappa shape index (κ2) is 4.99. The SMILES string of the molecule is O=S(=O)(Nc1ccc(Br)cn1)c1c(Cl)nc2sccn12. The first-order chi connectivity index (χ1) is 9.47. The van der Waals surface area contributed by atoms with Crippen molar-refractivity contribution < 1.29 is 8.42 Å². The van der Waals surface area contributed by atoms with Crippen molar-refractivity contribution in [2.75, 3.05) is 4.72 Å². The fourth-order valence-corrected chi connectivity index (χ4v) is 4.30. The first-order valence-electron chi connectivity index (χ1n) is 5.23. The van der Waals surface area contributed by atoms with Crippen molar-refractivity contribution in [3.05, 3.63) is 39.5 Å². The van der Waals surface area contributed by atoms with E-state index in [0.717, 1.165) is 4.47 Å². The third-order valence-corrected chi connectivity index (χ3v) is 5.38. The van der Waals surface area contributed by atoms with Gasteiger partial charge in [0.05, 0.1) is 0 Å². The summed E-state index contributed by atoms with van der Waals surface area (Å²) in [5, 5.41) is 1.57. The quantitative estimate of drug-likeness (QED) is 0.742. The van der Waals surface area contributed by atoms with Gasteiger partial charge in [-0.05, 0) is 28.1 Å². The van der Waals surface area contributed by atoms with Crippen LogP contribution >= 0.6 is 38.9 Å². The minimum atomic E-state index is -3.86. The molecule has 0 unspecified atom stereocenters. The molecule has 0 amide bonds. The zero-order valence-corrected chi connectivity index (χ0v) is 13.6. The van der Waals surface area contributed by atoms with Gasteiger partial charge in [-0.2, -0.15) is 8.42 Å². The predicted molar refractivity (Wildman–Crippen MR) is 80.8 cm³/mol. The Labute approximate surface area is 131 Å². The van der Waals surface area contributed by atoms with E-state index in [-0.39, 0.29) is 16.0 Å². The number of pyridine rings is 1. The second-order valence-electron chi connectivity index (χ2n) is 3.73. The molecule has 3 aromatic heterocycles.